The fraction of sp³-hybridized carbons (Fsp3) is 0.350. The highest BCUT2D eigenvalue weighted by atomic mass is 16.5. The zero-order chi connectivity index (χ0) is 19.9. The van der Waals surface area contributed by atoms with Crippen molar-refractivity contribution < 1.29 is 14.3 Å². The van der Waals surface area contributed by atoms with Crippen LogP contribution in [0.15, 0.2) is 48.7 Å². The summed E-state index contributed by atoms with van der Waals surface area (Å²) in [6.07, 6.45) is 1.76. The van der Waals surface area contributed by atoms with Gasteiger partial charge >= 0.3 is 6.03 Å². The van der Waals surface area contributed by atoms with Gasteiger partial charge in [-0.15, -0.1) is 0 Å². The number of methoxy groups -OCH3 is 1. The van der Waals surface area contributed by atoms with E-state index in [4.69, 9.17) is 4.74 Å². The van der Waals surface area contributed by atoms with E-state index in [1.807, 2.05) is 18.2 Å². The maximum absolute atomic E-state index is 12.5. The summed E-state index contributed by atoms with van der Waals surface area (Å²) in [6.45, 7) is 4.24. The Morgan fingerprint density at radius 3 is 2.39 bits per heavy atom. The molecule has 1 fully saturated rings. The van der Waals surface area contributed by atoms with E-state index in [1.165, 1.54) is 0 Å². The Bertz CT molecular complexity index is 789. The molecule has 1 aromatic heterocycles. The van der Waals surface area contributed by atoms with Crippen LogP contribution in [0.4, 0.5) is 16.3 Å². The highest BCUT2D eigenvalue weighted by Crippen LogP contribution is 2.15. The largest absolute Gasteiger partial charge is 0.497 e. The molecule has 148 valence electrons. The number of anilines is 2. The van der Waals surface area contributed by atoms with Crippen molar-refractivity contribution in [2.45, 2.75) is 13.0 Å². The highest BCUT2D eigenvalue weighted by molar-refractivity contribution is 5.96. The lowest BCUT2D eigenvalue weighted by Gasteiger charge is -2.35. The number of ether oxygens (including phenoxy) is 1. The number of rotatable bonds is 5. The molecule has 0 saturated carbocycles. The summed E-state index contributed by atoms with van der Waals surface area (Å²) in [5.74, 6) is 1.35. The minimum atomic E-state index is -0.650. The van der Waals surface area contributed by atoms with Gasteiger partial charge in [0.05, 0.1) is 7.11 Å². The quantitative estimate of drug-likeness (QED) is 0.824. The molecule has 2 aromatic rings. The first-order valence-electron chi connectivity index (χ1n) is 9.23. The number of hydrogen-bond acceptors (Lipinski definition) is 5. The smallest absolute Gasteiger partial charge is 0.318 e. The lowest BCUT2D eigenvalue weighted by molar-refractivity contribution is -0.117. The molecule has 0 radical (unpaired) electrons. The molecule has 0 unspecified atom stereocenters. The van der Waals surface area contributed by atoms with Crippen LogP contribution in [-0.4, -0.2) is 61.2 Å². The molecule has 2 N–H and O–H groups in total. The summed E-state index contributed by atoms with van der Waals surface area (Å²) in [5.41, 5.74) is 0.649. The maximum atomic E-state index is 12.5. The number of aromatic nitrogens is 1. The number of hydrogen-bond donors (Lipinski definition) is 2. The van der Waals surface area contributed by atoms with Crippen molar-refractivity contribution in [1.29, 1.82) is 0 Å². The fourth-order valence-corrected chi connectivity index (χ4v) is 2.95. The first kappa shape index (κ1) is 19.5. The van der Waals surface area contributed by atoms with Crippen molar-refractivity contribution in [3.63, 3.8) is 0 Å². The van der Waals surface area contributed by atoms with Crippen LogP contribution in [0.3, 0.4) is 0 Å². The molecular weight excluding hydrogens is 358 g/mol. The van der Waals surface area contributed by atoms with Crippen molar-refractivity contribution in [1.82, 2.24) is 15.2 Å². The molecule has 1 atom stereocenters. The van der Waals surface area contributed by atoms with E-state index in [9.17, 15) is 9.59 Å². The van der Waals surface area contributed by atoms with E-state index in [-0.39, 0.29) is 11.9 Å². The number of urea groups is 1. The van der Waals surface area contributed by atoms with Crippen molar-refractivity contribution >= 4 is 23.4 Å². The van der Waals surface area contributed by atoms with Crippen molar-refractivity contribution in [2.24, 2.45) is 0 Å². The Morgan fingerprint density at radius 2 is 1.79 bits per heavy atom. The number of benzene rings is 1. The number of carbonyl (C=O) groups is 2. The zero-order valence-corrected chi connectivity index (χ0v) is 16.1. The molecular formula is C20H25N5O3. The molecule has 0 aliphatic carbocycles. The molecule has 8 nitrogen and oxygen atoms in total. The summed E-state index contributed by atoms with van der Waals surface area (Å²) in [5, 5.41) is 5.55. The van der Waals surface area contributed by atoms with Crippen molar-refractivity contribution in [3.8, 4) is 5.75 Å². The number of nitrogens with zero attached hydrogens (tertiary/aromatic N) is 3. The SMILES string of the molecule is COc1ccc(NC(=O)[C@H](C)NC(=O)N2CCN(c3ccccn3)CC2)cc1. The van der Waals surface area contributed by atoms with Gasteiger partial charge in [-0.25, -0.2) is 9.78 Å². The van der Waals surface area contributed by atoms with Gasteiger partial charge in [-0.1, -0.05) is 6.07 Å². The summed E-state index contributed by atoms with van der Waals surface area (Å²) < 4.78 is 5.09. The normalized spacial score (nSPS) is 14.9. The highest BCUT2D eigenvalue weighted by Gasteiger charge is 2.24. The topological polar surface area (TPSA) is 86.8 Å². The van der Waals surface area contributed by atoms with Crippen molar-refractivity contribution in [2.75, 3.05) is 43.5 Å². The first-order chi connectivity index (χ1) is 13.6. The summed E-state index contributed by atoms with van der Waals surface area (Å²) >= 11 is 0. The number of carbonyl (C=O) groups excluding carboxylic acids is 2. The van der Waals surface area contributed by atoms with Gasteiger partial charge in [-0.3, -0.25) is 4.79 Å². The molecule has 1 aromatic carbocycles. The van der Waals surface area contributed by atoms with E-state index < -0.39 is 6.04 Å². The second-order valence-corrected chi connectivity index (χ2v) is 6.55. The Kier molecular flexibility index (Phi) is 6.31. The zero-order valence-electron chi connectivity index (χ0n) is 16.1. The van der Waals surface area contributed by atoms with Crippen LogP contribution < -0.4 is 20.3 Å². The van der Waals surface area contributed by atoms with Crippen LogP contribution in [0.25, 0.3) is 0 Å². The van der Waals surface area contributed by atoms with Crippen LogP contribution in [0.2, 0.25) is 0 Å². The number of nitrogens with one attached hydrogen (secondary N) is 2. The number of piperazine rings is 1. The number of pyridine rings is 1. The second-order valence-electron chi connectivity index (χ2n) is 6.55. The molecule has 28 heavy (non-hydrogen) atoms. The second kappa shape index (κ2) is 9.07. The van der Waals surface area contributed by atoms with Crippen LogP contribution in [0, 0.1) is 0 Å². The molecule has 0 bridgehead atoms. The van der Waals surface area contributed by atoms with E-state index in [0.29, 0.717) is 37.6 Å². The third-order valence-electron chi connectivity index (χ3n) is 4.63. The Balaban J connectivity index is 1.46. The van der Waals surface area contributed by atoms with Gasteiger partial charge in [0, 0.05) is 38.1 Å². The summed E-state index contributed by atoms with van der Waals surface area (Å²) in [6, 6.07) is 11.9. The van der Waals surface area contributed by atoms with Gasteiger partial charge in [0.2, 0.25) is 5.91 Å². The molecule has 1 saturated heterocycles. The third-order valence-corrected chi connectivity index (χ3v) is 4.63. The third kappa shape index (κ3) is 4.91. The monoisotopic (exact) mass is 383 g/mol. The van der Waals surface area contributed by atoms with Gasteiger partial charge < -0.3 is 25.2 Å². The summed E-state index contributed by atoms with van der Waals surface area (Å²) in [7, 11) is 1.58. The Hall–Kier alpha value is -3.29. The van der Waals surface area contributed by atoms with Crippen LogP contribution in [0.5, 0.6) is 5.75 Å². The molecule has 8 heteroatoms. The predicted octanol–water partition coefficient (Wildman–Crippen LogP) is 1.95. The first-order valence-corrected chi connectivity index (χ1v) is 9.23. The van der Waals surface area contributed by atoms with E-state index >= 15 is 0 Å². The van der Waals surface area contributed by atoms with Crippen molar-refractivity contribution in [3.05, 3.63) is 48.7 Å². The standard InChI is InChI=1S/C20H25N5O3/c1-15(19(26)23-16-6-8-17(28-2)9-7-16)22-20(27)25-13-11-24(12-14-25)18-5-3-4-10-21-18/h3-10,15H,11-14H2,1-2H3,(H,22,27)(H,23,26)/t15-/m0/s1. The van der Waals surface area contributed by atoms with Crippen LogP contribution in [-0.2, 0) is 4.79 Å². The van der Waals surface area contributed by atoms with E-state index in [2.05, 4.69) is 20.5 Å². The van der Waals surface area contributed by atoms with Gasteiger partial charge in [0.15, 0.2) is 0 Å². The molecule has 3 rings (SSSR count). The molecule has 0 spiro atoms. The average molecular weight is 383 g/mol. The van der Waals surface area contributed by atoms with E-state index in [0.717, 1.165) is 5.82 Å². The summed E-state index contributed by atoms with van der Waals surface area (Å²) in [4.78, 5) is 33.0. The van der Waals surface area contributed by atoms with E-state index in [1.54, 1.807) is 49.4 Å². The molecule has 1 aliphatic heterocycles. The Labute approximate surface area is 164 Å². The molecule has 3 amide bonds. The molecule has 2 heterocycles. The lowest BCUT2D eigenvalue weighted by Crippen LogP contribution is -2.54. The average Bonchev–Trinajstić information content (AvgIpc) is 2.75. The lowest BCUT2D eigenvalue weighted by atomic mass is 10.2. The van der Waals surface area contributed by atoms with Gasteiger partial charge in [-0.2, -0.15) is 0 Å². The minimum Gasteiger partial charge on any atom is -0.497 e. The fourth-order valence-electron chi connectivity index (χ4n) is 2.95. The van der Waals surface area contributed by atoms with Gasteiger partial charge in [0.25, 0.3) is 0 Å². The van der Waals surface area contributed by atoms with Crippen LogP contribution in [0.1, 0.15) is 6.92 Å². The minimum absolute atomic E-state index is 0.238. The van der Waals surface area contributed by atoms with Gasteiger partial charge in [0.1, 0.15) is 17.6 Å². The predicted molar refractivity (Wildman–Crippen MR) is 108 cm³/mol. The van der Waals surface area contributed by atoms with Gasteiger partial charge in [-0.05, 0) is 43.3 Å². The number of amides is 3. The Morgan fingerprint density at radius 1 is 1.07 bits per heavy atom. The van der Waals surface area contributed by atoms with Crippen LogP contribution >= 0.6 is 0 Å². The molecule has 1 aliphatic rings. The maximum Gasteiger partial charge on any atom is 0.318 e.